The van der Waals surface area contributed by atoms with E-state index in [0.29, 0.717) is 17.4 Å². The highest BCUT2D eigenvalue weighted by Crippen LogP contribution is 2.66. The van der Waals surface area contributed by atoms with Crippen molar-refractivity contribution in [1.29, 1.82) is 0 Å². The van der Waals surface area contributed by atoms with Crippen molar-refractivity contribution in [2.24, 2.45) is 5.92 Å². The number of fused-ring (bicyclic) bond motifs is 3. The lowest BCUT2D eigenvalue weighted by Gasteiger charge is -2.22. The third-order valence-corrected chi connectivity index (χ3v) is 6.44. The first-order chi connectivity index (χ1) is 12.6. The van der Waals surface area contributed by atoms with E-state index in [1.165, 1.54) is 16.7 Å². The molecule has 0 spiro atoms. The van der Waals surface area contributed by atoms with Crippen molar-refractivity contribution < 1.29 is 24.2 Å². The lowest BCUT2D eigenvalue weighted by molar-refractivity contribution is 0.300. The molecule has 1 fully saturated rings. The standard InChI is InChI=1S/C21H25O5P/c1-12(2)18-9-15(4-5-19(18)22)21-10-16(21)7-14-8-17(6-13(3)20(14)21)26-11-27(23,24)25/h4-6,8-9,12,16,22H,7,10-11H2,1-3H3,(H2,23,24,25). The number of phenolic OH excluding ortho intramolecular Hbond substituents is 1. The fourth-order valence-electron chi connectivity index (χ4n) is 4.81. The van der Waals surface area contributed by atoms with Gasteiger partial charge in [-0.05, 0) is 77.6 Å². The van der Waals surface area contributed by atoms with E-state index in [4.69, 9.17) is 14.5 Å². The van der Waals surface area contributed by atoms with Gasteiger partial charge < -0.3 is 19.6 Å². The molecule has 0 radical (unpaired) electrons. The van der Waals surface area contributed by atoms with Gasteiger partial charge in [0, 0.05) is 5.41 Å². The number of hydrogen-bond acceptors (Lipinski definition) is 3. The van der Waals surface area contributed by atoms with E-state index in [-0.39, 0.29) is 11.3 Å². The zero-order chi connectivity index (χ0) is 19.6. The third kappa shape index (κ3) is 3.08. The number of aryl methyl sites for hydroxylation is 1. The maximum atomic E-state index is 11.1. The van der Waals surface area contributed by atoms with Crippen molar-refractivity contribution in [2.75, 3.05) is 6.35 Å². The number of phenols is 1. The molecule has 2 unspecified atom stereocenters. The summed E-state index contributed by atoms with van der Waals surface area (Å²) in [7, 11) is -4.20. The Morgan fingerprint density at radius 2 is 2.00 bits per heavy atom. The van der Waals surface area contributed by atoms with Gasteiger partial charge in [0.1, 0.15) is 11.5 Å². The van der Waals surface area contributed by atoms with E-state index >= 15 is 0 Å². The number of ether oxygens (including phenoxy) is 1. The van der Waals surface area contributed by atoms with Crippen molar-refractivity contribution in [3.63, 3.8) is 0 Å². The number of rotatable bonds is 5. The SMILES string of the molecule is Cc1cc(OCP(=O)(O)O)cc2c1C1(c3ccc(O)c(C(C)C)c3)CC1C2. The first kappa shape index (κ1) is 18.5. The van der Waals surface area contributed by atoms with Gasteiger partial charge in [-0.15, -0.1) is 0 Å². The molecule has 27 heavy (non-hydrogen) atoms. The van der Waals surface area contributed by atoms with Crippen LogP contribution in [0.4, 0.5) is 0 Å². The molecule has 0 heterocycles. The van der Waals surface area contributed by atoms with Crippen LogP contribution in [0.15, 0.2) is 30.3 Å². The Balaban J connectivity index is 1.72. The average molecular weight is 388 g/mol. The summed E-state index contributed by atoms with van der Waals surface area (Å²) in [6, 6.07) is 9.79. The summed E-state index contributed by atoms with van der Waals surface area (Å²) in [6.45, 7) is 6.20. The summed E-state index contributed by atoms with van der Waals surface area (Å²) in [5, 5.41) is 10.2. The fourth-order valence-corrected chi connectivity index (χ4v) is 5.12. The molecule has 2 aliphatic rings. The Bertz CT molecular complexity index is 961. The zero-order valence-electron chi connectivity index (χ0n) is 15.8. The summed E-state index contributed by atoms with van der Waals surface area (Å²) >= 11 is 0. The Morgan fingerprint density at radius 3 is 2.67 bits per heavy atom. The highest BCUT2D eigenvalue weighted by molar-refractivity contribution is 7.51. The van der Waals surface area contributed by atoms with Gasteiger partial charge in [-0.2, -0.15) is 0 Å². The molecule has 2 atom stereocenters. The lowest BCUT2D eigenvalue weighted by Crippen LogP contribution is -2.12. The van der Waals surface area contributed by atoms with Crippen LogP contribution in [-0.2, 0) is 16.4 Å². The minimum absolute atomic E-state index is 0.00145. The Morgan fingerprint density at radius 1 is 1.26 bits per heavy atom. The first-order valence-electron chi connectivity index (χ1n) is 9.26. The van der Waals surface area contributed by atoms with Gasteiger partial charge in [0.15, 0.2) is 6.35 Å². The number of benzene rings is 2. The van der Waals surface area contributed by atoms with Crippen LogP contribution in [0.5, 0.6) is 11.5 Å². The molecule has 4 rings (SSSR count). The molecule has 3 N–H and O–H groups in total. The Hall–Kier alpha value is -1.81. The topological polar surface area (TPSA) is 87.0 Å². The van der Waals surface area contributed by atoms with E-state index in [1.54, 1.807) is 6.07 Å². The van der Waals surface area contributed by atoms with Crippen LogP contribution in [0.3, 0.4) is 0 Å². The number of aromatic hydroxyl groups is 1. The second kappa shape index (κ2) is 6.10. The van der Waals surface area contributed by atoms with E-state index < -0.39 is 13.9 Å². The van der Waals surface area contributed by atoms with Crippen molar-refractivity contribution in [3.8, 4) is 11.5 Å². The lowest BCUT2D eigenvalue weighted by atomic mass is 9.83. The molecule has 1 saturated carbocycles. The molecular formula is C21H25O5P. The molecular weight excluding hydrogens is 363 g/mol. The predicted octanol–water partition coefficient (Wildman–Crippen LogP) is 4.20. The van der Waals surface area contributed by atoms with Gasteiger partial charge in [-0.25, -0.2) is 0 Å². The first-order valence-corrected chi connectivity index (χ1v) is 11.1. The van der Waals surface area contributed by atoms with E-state index in [0.717, 1.165) is 24.0 Å². The Labute approximate surface area is 159 Å². The smallest absolute Gasteiger partial charge is 0.362 e. The molecule has 144 valence electrons. The molecule has 2 aromatic rings. The molecule has 0 amide bonds. The average Bonchev–Trinajstić information content (AvgIpc) is 3.17. The molecule has 6 heteroatoms. The maximum Gasteiger partial charge on any atom is 0.362 e. The molecule has 0 aliphatic heterocycles. The summed E-state index contributed by atoms with van der Waals surface area (Å²) in [4.78, 5) is 18.1. The minimum Gasteiger partial charge on any atom is -0.508 e. The molecule has 0 bridgehead atoms. The van der Waals surface area contributed by atoms with Gasteiger partial charge in [-0.3, -0.25) is 4.57 Å². The molecule has 0 aromatic heterocycles. The second-order valence-electron chi connectivity index (χ2n) is 8.22. The maximum absolute atomic E-state index is 11.1. The third-order valence-electron chi connectivity index (χ3n) is 5.97. The van der Waals surface area contributed by atoms with Crippen molar-refractivity contribution in [2.45, 2.75) is 44.9 Å². The highest BCUT2D eigenvalue weighted by Gasteiger charge is 2.61. The van der Waals surface area contributed by atoms with Crippen LogP contribution < -0.4 is 4.74 Å². The minimum atomic E-state index is -4.20. The highest BCUT2D eigenvalue weighted by atomic mass is 31.2. The summed E-state index contributed by atoms with van der Waals surface area (Å²) in [6.07, 6.45) is 1.45. The van der Waals surface area contributed by atoms with Gasteiger partial charge in [0.25, 0.3) is 0 Å². The quantitative estimate of drug-likeness (QED) is 0.669. The monoisotopic (exact) mass is 388 g/mol. The molecule has 2 aromatic carbocycles. The van der Waals surface area contributed by atoms with Crippen LogP contribution in [0.1, 0.15) is 54.0 Å². The normalized spacial score (nSPS) is 23.3. The van der Waals surface area contributed by atoms with Crippen LogP contribution in [0, 0.1) is 12.8 Å². The molecule has 2 aliphatic carbocycles. The van der Waals surface area contributed by atoms with Crippen LogP contribution in [0.25, 0.3) is 0 Å². The molecule has 5 nitrogen and oxygen atoms in total. The summed E-state index contributed by atoms with van der Waals surface area (Å²) < 4.78 is 16.4. The van der Waals surface area contributed by atoms with Gasteiger partial charge >= 0.3 is 7.60 Å². The van der Waals surface area contributed by atoms with Crippen molar-refractivity contribution >= 4 is 7.60 Å². The van der Waals surface area contributed by atoms with Crippen LogP contribution >= 0.6 is 7.60 Å². The van der Waals surface area contributed by atoms with Crippen LogP contribution in [0.2, 0.25) is 0 Å². The van der Waals surface area contributed by atoms with Crippen molar-refractivity contribution in [3.05, 3.63) is 58.1 Å². The number of hydrogen-bond donors (Lipinski definition) is 3. The Kier molecular flexibility index (Phi) is 4.19. The van der Waals surface area contributed by atoms with Gasteiger partial charge in [0.05, 0.1) is 0 Å². The predicted molar refractivity (Wildman–Crippen MR) is 104 cm³/mol. The van der Waals surface area contributed by atoms with E-state index in [1.807, 2.05) is 25.1 Å². The molecule has 0 saturated heterocycles. The zero-order valence-corrected chi connectivity index (χ0v) is 16.7. The van der Waals surface area contributed by atoms with Crippen molar-refractivity contribution in [1.82, 2.24) is 0 Å². The summed E-state index contributed by atoms with van der Waals surface area (Å²) in [5.74, 6) is 1.65. The largest absolute Gasteiger partial charge is 0.508 e. The second-order valence-corrected chi connectivity index (χ2v) is 9.80. The van der Waals surface area contributed by atoms with E-state index in [2.05, 4.69) is 19.9 Å². The van der Waals surface area contributed by atoms with Crippen LogP contribution in [-0.4, -0.2) is 21.2 Å². The fraction of sp³-hybridized carbons (Fsp3) is 0.429. The van der Waals surface area contributed by atoms with Gasteiger partial charge in [0.2, 0.25) is 0 Å². The van der Waals surface area contributed by atoms with Gasteiger partial charge in [-0.1, -0.05) is 26.0 Å². The van der Waals surface area contributed by atoms with E-state index in [9.17, 15) is 9.67 Å². The summed E-state index contributed by atoms with van der Waals surface area (Å²) in [5.41, 5.74) is 5.83.